The molecule has 0 amide bonds. The van der Waals surface area contributed by atoms with Gasteiger partial charge in [0.25, 0.3) is 0 Å². The highest BCUT2D eigenvalue weighted by Gasteiger charge is 2.17. The van der Waals surface area contributed by atoms with Crippen LogP contribution in [0, 0.1) is 11.3 Å². The maximum absolute atomic E-state index is 9.95. The molecule has 0 aliphatic heterocycles. The molecule has 0 unspecified atom stereocenters. The summed E-state index contributed by atoms with van der Waals surface area (Å²) >= 11 is 0. The molecule has 3 aromatic rings. The number of hydrogen-bond donors (Lipinski definition) is 2. The van der Waals surface area contributed by atoms with Gasteiger partial charge in [-0.2, -0.15) is 5.26 Å². The van der Waals surface area contributed by atoms with Gasteiger partial charge in [0.05, 0.1) is 6.61 Å². The topological polar surface area (TPSA) is 92.2 Å². The molecule has 1 aromatic heterocycles. The van der Waals surface area contributed by atoms with Gasteiger partial charge in [-0.3, -0.25) is 0 Å². The average molecular weight is 331 g/mol. The number of nitrogens with zero attached hydrogens (tertiary/aromatic N) is 2. The minimum Gasteiger partial charge on any atom is -0.504 e. The van der Waals surface area contributed by atoms with Crippen molar-refractivity contribution >= 4 is 5.82 Å². The molecular weight excluding hydrogens is 314 g/mol. The van der Waals surface area contributed by atoms with E-state index in [9.17, 15) is 10.4 Å². The monoisotopic (exact) mass is 331 g/mol. The van der Waals surface area contributed by atoms with Crippen LogP contribution in [0.1, 0.15) is 12.5 Å². The highest BCUT2D eigenvalue weighted by atomic mass is 16.5. The van der Waals surface area contributed by atoms with E-state index in [-0.39, 0.29) is 11.6 Å². The van der Waals surface area contributed by atoms with E-state index in [1.165, 1.54) is 0 Å². The van der Waals surface area contributed by atoms with Crippen LogP contribution in [0.25, 0.3) is 22.3 Å². The lowest BCUT2D eigenvalue weighted by Gasteiger charge is -2.15. The summed E-state index contributed by atoms with van der Waals surface area (Å²) in [5.74, 6) is 0.578. The molecule has 0 fully saturated rings. The third kappa shape index (κ3) is 3.10. The molecule has 0 atom stereocenters. The number of rotatable bonds is 4. The van der Waals surface area contributed by atoms with Crippen LogP contribution in [-0.2, 0) is 0 Å². The van der Waals surface area contributed by atoms with Gasteiger partial charge in [-0.15, -0.1) is 0 Å². The number of ether oxygens (including phenoxy) is 1. The Labute approximate surface area is 146 Å². The largest absolute Gasteiger partial charge is 0.504 e. The number of anilines is 1. The van der Waals surface area contributed by atoms with Crippen LogP contribution in [0.15, 0.2) is 54.7 Å². The highest BCUT2D eigenvalue weighted by molar-refractivity contribution is 5.89. The van der Waals surface area contributed by atoms with Crippen molar-refractivity contribution in [3.8, 4) is 39.8 Å². The fourth-order valence-electron chi connectivity index (χ4n) is 2.72. The van der Waals surface area contributed by atoms with Crippen molar-refractivity contribution in [1.82, 2.24) is 4.98 Å². The molecule has 2 aromatic carbocycles. The van der Waals surface area contributed by atoms with Crippen LogP contribution < -0.4 is 10.5 Å². The average Bonchev–Trinajstić information content (AvgIpc) is 2.64. The Balaban J connectivity index is 2.29. The van der Waals surface area contributed by atoms with Crippen molar-refractivity contribution in [2.45, 2.75) is 6.92 Å². The summed E-state index contributed by atoms with van der Waals surface area (Å²) < 4.78 is 5.47. The first kappa shape index (κ1) is 16.3. The zero-order valence-electron chi connectivity index (χ0n) is 13.7. The minimum absolute atomic E-state index is 0.0485. The summed E-state index contributed by atoms with van der Waals surface area (Å²) in [4.78, 5) is 4.16. The van der Waals surface area contributed by atoms with Gasteiger partial charge in [0.2, 0.25) is 0 Å². The van der Waals surface area contributed by atoms with E-state index in [1.807, 2.05) is 37.3 Å². The molecule has 1 heterocycles. The van der Waals surface area contributed by atoms with Gasteiger partial charge < -0.3 is 15.6 Å². The molecule has 5 nitrogen and oxygen atoms in total. The predicted molar refractivity (Wildman–Crippen MR) is 97.1 cm³/mol. The number of phenolic OH excluding ortho intramolecular Hbond substituents is 1. The van der Waals surface area contributed by atoms with E-state index in [4.69, 9.17) is 10.5 Å². The summed E-state index contributed by atoms with van der Waals surface area (Å²) in [6, 6.07) is 16.8. The second-order valence-corrected chi connectivity index (χ2v) is 5.40. The van der Waals surface area contributed by atoms with E-state index in [0.29, 0.717) is 23.5 Å². The van der Waals surface area contributed by atoms with E-state index >= 15 is 0 Å². The summed E-state index contributed by atoms with van der Waals surface area (Å²) in [6.45, 7) is 2.26. The predicted octanol–water partition coefficient (Wildman–Crippen LogP) is 3.97. The minimum atomic E-state index is 0.0485. The van der Waals surface area contributed by atoms with Gasteiger partial charge in [0, 0.05) is 17.3 Å². The second-order valence-electron chi connectivity index (χ2n) is 5.40. The van der Waals surface area contributed by atoms with Crippen molar-refractivity contribution in [1.29, 1.82) is 5.26 Å². The first-order valence-corrected chi connectivity index (χ1v) is 7.85. The number of nitrogens with two attached hydrogens (primary N) is 1. The van der Waals surface area contributed by atoms with Crippen LogP contribution in [0.2, 0.25) is 0 Å². The lowest BCUT2D eigenvalue weighted by molar-refractivity contribution is 0.318. The third-order valence-corrected chi connectivity index (χ3v) is 3.85. The summed E-state index contributed by atoms with van der Waals surface area (Å²) in [5.41, 5.74) is 9.34. The Morgan fingerprint density at radius 3 is 2.60 bits per heavy atom. The Morgan fingerprint density at radius 1 is 1.16 bits per heavy atom. The third-order valence-electron chi connectivity index (χ3n) is 3.85. The van der Waals surface area contributed by atoms with Gasteiger partial charge in [0.1, 0.15) is 17.5 Å². The number of phenols is 1. The standard InChI is InChI=1S/C20H17N3O2/c1-2-25-18-10-14(8-9-17(18)24)19-15(11-21)20(22)23-12-16(19)13-6-4-3-5-7-13/h3-10,12,24H,2H2,1H3,(H2,22,23). The van der Waals surface area contributed by atoms with Crippen molar-refractivity contribution in [3.05, 3.63) is 60.3 Å². The summed E-state index contributed by atoms with van der Waals surface area (Å²) in [6.07, 6.45) is 1.66. The van der Waals surface area contributed by atoms with E-state index in [0.717, 1.165) is 16.7 Å². The second kappa shape index (κ2) is 6.93. The lowest BCUT2D eigenvalue weighted by Crippen LogP contribution is -2.00. The zero-order valence-corrected chi connectivity index (χ0v) is 13.7. The van der Waals surface area contributed by atoms with Crippen molar-refractivity contribution in [2.24, 2.45) is 0 Å². The molecule has 0 saturated carbocycles. The number of benzene rings is 2. The molecular formula is C20H17N3O2. The quantitative estimate of drug-likeness (QED) is 0.754. The number of pyridine rings is 1. The van der Waals surface area contributed by atoms with Gasteiger partial charge in [-0.25, -0.2) is 4.98 Å². The summed E-state index contributed by atoms with van der Waals surface area (Å²) in [7, 11) is 0. The number of nitriles is 1. The van der Waals surface area contributed by atoms with Crippen LogP contribution >= 0.6 is 0 Å². The Kier molecular flexibility index (Phi) is 4.53. The fourth-order valence-corrected chi connectivity index (χ4v) is 2.72. The Hall–Kier alpha value is -3.52. The number of aromatic nitrogens is 1. The lowest BCUT2D eigenvalue weighted by atomic mass is 9.92. The molecule has 5 heteroatoms. The Bertz CT molecular complexity index is 947. The van der Waals surface area contributed by atoms with E-state index in [2.05, 4.69) is 11.1 Å². The molecule has 0 saturated heterocycles. The zero-order chi connectivity index (χ0) is 17.8. The molecule has 0 radical (unpaired) electrons. The number of nitrogen functional groups attached to an aromatic ring is 1. The molecule has 124 valence electrons. The van der Waals surface area contributed by atoms with Gasteiger partial charge in [-0.1, -0.05) is 36.4 Å². The normalized spacial score (nSPS) is 10.2. The maximum Gasteiger partial charge on any atom is 0.161 e. The fraction of sp³-hybridized carbons (Fsp3) is 0.100. The summed E-state index contributed by atoms with van der Waals surface area (Å²) in [5, 5.41) is 19.6. The van der Waals surface area contributed by atoms with Crippen LogP contribution in [0.3, 0.4) is 0 Å². The van der Waals surface area contributed by atoms with E-state index in [1.54, 1.807) is 24.4 Å². The van der Waals surface area contributed by atoms with Gasteiger partial charge in [-0.05, 0) is 30.2 Å². The molecule has 3 N–H and O–H groups in total. The van der Waals surface area contributed by atoms with Crippen molar-refractivity contribution in [2.75, 3.05) is 12.3 Å². The molecule has 0 aliphatic carbocycles. The molecule has 0 bridgehead atoms. The highest BCUT2D eigenvalue weighted by Crippen LogP contribution is 2.39. The van der Waals surface area contributed by atoms with Crippen LogP contribution in [0.5, 0.6) is 11.5 Å². The van der Waals surface area contributed by atoms with Crippen molar-refractivity contribution < 1.29 is 9.84 Å². The maximum atomic E-state index is 9.95. The first-order chi connectivity index (χ1) is 12.2. The molecule has 3 rings (SSSR count). The van der Waals surface area contributed by atoms with E-state index < -0.39 is 0 Å². The molecule has 0 spiro atoms. The smallest absolute Gasteiger partial charge is 0.161 e. The SMILES string of the molecule is CCOc1cc(-c2c(-c3ccccc3)cnc(N)c2C#N)ccc1O. The van der Waals surface area contributed by atoms with Crippen LogP contribution in [-0.4, -0.2) is 16.7 Å². The van der Waals surface area contributed by atoms with Crippen LogP contribution in [0.4, 0.5) is 5.82 Å². The first-order valence-electron chi connectivity index (χ1n) is 7.85. The van der Waals surface area contributed by atoms with Gasteiger partial charge >= 0.3 is 0 Å². The molecule has 0 aliphatic rings. The number of aromatic hydroxyl groups is 1. The van der Waals surface area contributed by atoms with Crippen molar-refractivity contribution in [3.63, 3.8) is 0 Å². The molecule has 25 heavy (non-hydrogen) atoms. The number of hydrogen-bond acceptors (Lipinski definition) is 5. The Morgan fingerprint density at radius 2 is 1.92 bits per heavy atom. The van der Waals surface area contributed by atoms with Gasteiger partial charge in [0.15, 0.2) is 11.5 Å².